The molecule has 1 aliphatic heterocycles. The molecule has 0 radical (unpaired) electrons. The van der Waals surface area contributed by atoms with Crippen LogP contribution in [0.25, 0.3) is 16.9 Å². The Morgan fingerprint density at radius 3 is 2.51 bits per heavy atom. The van der Waals surface area contributed by atoms with Gasteiger partial charge in [-0.2, -0.15) is 9.97 Å². The molecule has 0 aliphatic carbocycles. The van der Waals surface area contributed by atoms with Gasteiger partial charge in [-0.25, -0.2) is 9.97 Å². The molecule has 2 N–H and O–H groups in total. The predicted molar refractivity (Wildman–Crippen MR) is 130 cm³/mol. The third kappa shape index (κ3) is 4.05. The van der Waals surface area contributed by atoms with Crippen molar-refractivity contribution in [2.45, 2.75) is 18.9 Å². The summed E-state index contributed by atoms with van der Waals surface area (Å²) in [6.45, 7) is 0.878. The Kier molecular flexibility index (Phi) is 6.03. The highest BCUT2D eigenvalue weighted by atomic mass is 16.5. The molecule has 0 saturated carbocycles. The standard InChI is InChI=1S/C23H28N8O4/c1-29-12-25-19-21(29)27-23(28-22(19)31-7-5-6-14(31)11-32)26-18-10-30(13-24-18)15-8-16(33-2)20(35-4)17(9-15)34-3/h8-10,12-14,32H,5-7,11H2,1-4H3,(H,26,27,28)/t14-/m0/s1. The lowest BCUT2D eigenvalue weighted by atomic mass is 10.2. The minimum absolute atomic E-state index is 0.0159. The van der Waals surface area contributed by atoms with Crippen LogP contribution in [0, 0.1) is 0 Å². The number of fused-ring (bicyclic) bond motifs is 1. The van der Waals surface area contributed by atoms with Gasteiger partial charge in [0.2, 0.25) is 11.7 Å². The van der Waals surface area contributed by atoms with Gasteiger partial charge in [-0.15, -0.1) is 0 Å². The normalized spacial score (nSPS) is 15.6. The van der Waals surface area contributed by atoms with Gasteiger partial charge in [-0.05, 0) is 12.8 Å². The predicted octanol–water partition coefficient (Wildman–Crippen LogP) is 2.28. The Balaban J connectivity index is 1.48. The zero-order valence-electron chi connectivity index (χ0n) is 20.1. The lowest BCUT2D eigenvalue weighted by Gasteiger charge is -2.24. The molecule has 35 heavy (non-hydrogen) atoms. The van der Waals surface area contributed by atoms with Gasteiger partial charge in [0.1, 0.15) is 6.33 Å². The second kappa shape index (κ2) is 9.29. The first kappa shape index (κ1) is 22.7. The molecule has 5 rings (SSSR count). The number of nitrogens with one attached hydrogen (secondary N) is 1. The van der Waals surface area contributed by atoms with E-state index in [-0.39, 0.29) is 12.6 Å². The molecule has 0 unspecified atom stereocenters. The first-order valence-corrected chi connectivity index (χ1v) is 11.2. The van der Waals surface area contributed by atoms with E-state index in [9.17, 15) is 5.11 Å². The minimum Gasteiger partial charge on any atom is -0.493 e. The number of imidazole rings is 2. The van der Waals surface area contributed by atoms with Crippen LogP contribution in [0.2, 0.25) is 0 Å². The molecule has 0 amide bonds. The van der Waals surface area contributed by atoms with Crippen molar-refractivity contribution in [3.63, 3.8) is 0 Å². The molecule has 12 heteroatoms. The van der Waals surface area contributed by atoms with Gasteiger partial charge < -0.3 is 38.7 Å². The van der Waals surface area contributed by atoms with Crippen molar-refractivity contribution >= 4 is 28.7 Å². The summed E-state index contributed by atoms with van der Waals surface area (Å²) in [6.07, 6.45) is 7.12. The van der Waals surface area contributed by atoms with E-state index in [0.29, 0.717) is 46.0 Å². The first-order valence-electron chi connectivity index (χ1n) is 11.2. The summed E-state index contributed by atoms with van der Waals surface area (Å²) < 4.78 is 20.0. The lowest BCUT2D eigenvalue weighted by molar-refractivity contribution is 0.266. The first-order chi connectivity index (χ1) is 17.1. The zero-order chi connectivity index (χ0) is 24.5. The summed E-state index contributed by atoms with van der Waals surface area (Å²) in [4.78, 5) is 20.5. The van der Waals surface area contributed by atoms with Crippen LogP contribution < -0.4 is 24.4 Å². The molecule has 12 nitrogen and oxygen atoms in total. The van der Waals surface area contributed by atoms with Crippen molar-refractivity contribution in [3.05, 3.63) is 31.0 Å². The maximum Gasteiger partial charge on any atom is 0.232 e. The van der Waals surface area contributed by atoms with Gasteiger partial charge in [-0.1, -0.05) is 0 Å². The molecule has 184 valence electrons. The Morgan fingerprint density at radius 2 is 1.83 bits per heavy atom. The van der Waals surface area contributed by atoms with Crippen molar-refractivity contribution in [2.24, 2.45) is 7.05 Å². The van der Waals surface area contributed by atoms with Gasteiger partial charge in [0.15, 0.2) is 34.3 Å². The molecule has 0 bridgehead atoms. The molecular formula is C23H28N8O4. The van der Waals surface area contributed by atoms with Crippen LogP contribution >= 0.6 is 0 Å². The summed E-state index contributed by atoms with van der Waals surface area (Å²) in [7, 11) is 6.61. The monoisotopic (exact) mass is 480 g/mol. The average Bonchev–Trinajstić information content (AvgIpc) is 3.63. The summed E-state index contributed by atoms with van der Waals surface area (Å²) in [5.41, 5.74) is 2.19. The van der Waals surface area contributed by atoms with Crippen LogP contribution in [0.1, 0.15) is 12.8 Å². The quantitative estimate of drug-likeness (QED) is 0.388. The molecular weight excluding hydrogens is 452 g/mol. The molecule has 3 aromatic heterocycles. The maximum absolute atomic E-state index is 9.83. The third-order valence-corrected chi connectivity index (χ3v) is 6.17. The molecule has 1 aliphatic rings. The Morgan fingerprint density at radius 1 is 1.06 bits per heavy atom. The Labute approximate surface area is 202 Å². The van der Waals surface area contributed by atoms with Gasteiger partial charge in [-0.3, -0.25) is 0 Å². The third-order valence-electron chi connectivity index (χ3n) is 6.17. The summed E-state index contributed by atoms with van der Waals surface area (Å²) in [5.74, 6) is 3.28. The number of aliphatic hydroxyl groups is 1. The number of benzene rings is 1. The van der Waals surface area contributed by atoms with E-state index in [0.717, 1.165) is 25.1 Å². The SMILES string of the molecule is COc1cc(-n2cnc(Nc3nc(N4CCC[C@H]4CO)c4ncn(C)c4n3)c2)cc(OC)c1OC. The van der Waals surface area contributed by atoms with Crippen molar-refractivity contribution in [1.82, 2.24) is 29.1 Å². The van der Waals surface area contributed by atoms with E-state index < -0.39 is 0 Å². The zero-order valence-corrected chi connectivity index (χ0v) is 20.1. The highest BCUT2D eigenvalue weighted by Gasteiger charge is 2.28. The number of aliphatic hydroxyl groups excluding tert-OH is 1. The number of aryl methyl sites for hydroxylation is 1. The summed E-state index contributed by atoms with van der Waals surface area (Å²) in [5, 5.41) is 13.0. The van der Waals surface area contributed by atoms with E-state index >= 15 is 0 Å². The van der Waals surface area contributed by atoms with Crippen molar-refractivity contribution < 1.29 is 19.3 Å². The van der Waals surface area contributed by atoms with Crippen molar-refractivity contribution in [3.8, 4) is 22.9 Å². The minimum atomic E-state index is 0.0159. The fourth-order valence-corrected chi connectivity index (χ4v) is 4.41. The van der Waals surface area contributed by atoms with Crippen LogP contribution in [0.5, 0.6) is 17.2 Å². The van der Waals surface area contributed by atoms with Crippen molar-refractivity contribution in [2.75, 3.05) is 44.7 Å². The molecule has 4 aromatic rings. The molecule has 1 saturated heterocycles. The van der Waals surface area contributed by atoms with Gasteiger partial charge in [0.25, 0.3) is 0 Å². The smallest absolute Gasteiger partial charge is 0.232 e. The fourth-order valence-electron chi connectivity index (χ4n) is 4.41. The second-order valence-electron chi connectivity index (χ2n) is 8.25. The van der Waals surface area contributed by atoms with E-state index in [1.807, 2.05) is 34.5 Å². The van der Waals surface area contributed by atoms with Gasteiger partial charge in [0, 0.05) is 25.7 Å². The molecule has 1 atom stereocenters. The molecule has 0 spiro atoms. The summed E-state index contributed by atoms with van der Waals surface area (Å²) in [6, 6.07) is 3.69. The molecule has 4 heterocycles. The number of rotatable bonds is 8. The van der Waals surface area contributed by atoms with E-state index in [4.69, 9.17) is 19.2 Å². The van der Waals surface area contributed by atoms with E-state index in [1.54, 1.807) is 34.0 Å². The fraction of sp³-hybridized carbons (Fsp3) is 0.391. The number of anilines is 3. The van der Waals surface area contributed by atoms with Crippen LogP contribution in [-0.4, -0.2) is 74.7 Å². The number of aromatic nitrogens is 6. The number of hydrogen-bond acceptors (Lipinski definition) is 10. The number of methoxy groups -OCH3 is 3. The molecule has 1 aromatic carbocycles. The largest absolute Gasteiger partial charge is 0.493 e. The lowest BCUT2D eigenvalue weighted by Crippen LogP contribution is -2.33. The van der Waals surface area contributed by atoms with Crippen molar-refractivity contribution in [1.29, 1.82) is 0 Å². The highest BCUT2D eigenvalue weighted by molar-refractivity contribution is 5.85. The van der Waals surface area contributed by atoms with Gasteiger partial charge >= 0.3 is 0 Å². The average molecular weight is 481 g/mol. The highest BCUT2D eigenvalue weighted by Crippen LogP contribution is 2.39. The van der Waals surface area contributed by atoms with E-state index in [1.165, 1.54) is 0 Å². The van der Waals surface area contributed by atoms with Crippen LogP contribution in [0.3, 0.4) is 0 Å². The topological polar surface area (TPSA) is 125 Å². The Hall–Kier alpha value is -4.06. The van der Waals surface area contributed by atoms with Crippen LogP contribution in [0.15, 0.2) is 31.0 Å². The van der Waals surface area contributed by atoms with E-state index in [2.05, 4.69) is 25.2 Å². The number of hydrogen-bond donors (Lipinski definition) is 2. The number of ether oxygens (including phenoxy) is 3. The van der Waals surface area contributed by atoms with Gasteiger partial charge in [0.05, 0.1) is 52.2 Å². The maximum atomic E-state index is 9.83. The second-order valence-corrected chi connectivity index (χ2v) is 8.25. The summed E-state index contributed by atoms with van der Waals surface area (Å²) >= 11 is 0. The van der Waals surface area contributed by atoms with Crippen LogP contribution in [-0.2, 0) is 7.05 Å². The molecule has 1 fully saturated rings. The Bertz CT molecular complexity index is 1330. The van der Waals surface area contributed by atoms with Crippen LogP contribution in [0.4, 0.5) is 17.6 Å². The number of nitrogens with zero attached hydrogens (tertiary/aromatic N) is 7.